The molecule has 0 spiro atoms. The first-order valence-electron chi connectivity index (χ1n) is 11.1. The molecular weight excluding hydrogens is 448 g/mol. The molecule has 10 heteroatoms. The van der Waals surface area contributed by atoms with Crippen molar-refractivity contribution < 1.29 is 14.7 Å². The molecule has 2 aromatic carbocycles. The summed E-state index contributed by atoms with van der Waals surface area (Å²) in [5.41, 5.74) is 8.50. The third kappa shape index (κ3) is 4.45. The Labute approximate surface area is 200 Å². The molecule has 4 rings (SSSR count). The standard InChI is InChI=1S/C25H24N6O4/c1-3-4-7-15-12-20(25(34)35)14(2)24(33)31(15)16-10-11-18(21(13-16)22(26)32)17-8-5-6-9-19(17)23-27-29-30-28-23/h5-6,8-13H,3-4,7H2,1-2H3,(H2,26,32)(H,34,35)(H,27,28,29,30). The number of nitrogens with two attached hydrogens (primary N) is 1. The van der Waals surface area contributed by atoms with Gasteiger partial charge >= 0.3 is 5.97 Å². The summed E-state index contributed by atoms with van der Waals surface area (Å²) < 4.78 is 1.46. The molecule has 0 saturated carbocycles. The minimum Gasteiger partial charge on any atom is -0.478 e. The van der Waals surface area contributed by atoms with Crippen molar-refractivity contribution in [3.05, 3.63) is 81.3 Å². The van der Waals surface area contributed by atoms with Crippen LogP contribution >= 0.6 is 0 Å². The number of nitrogens with one attached hydrogen (secondary N) is 1. The lowest BCUT2D eigenvalue weighted by Gasteiger charge is -2.18. The van der Waals surface area contributed by atoms with Crippen LogP contribution in [-0.2, 0) is 6.42 Å². The van der Waals surface area contributed by atoms with Gasteiger partial charge in [-0.25, -0.2) is 9.89 Å². The van der Waals surface area contributed by atoms with Crippen LogP contribution in [-0.4, -0.2) is 42.2 Å². The van der Waals surface area contributed by atoms with Crippen molar-refractivity contribution in [3.63, 3.8) is 0 Å². The summed E-state index contributed by atoms with van der Waals surface area (Å²) in [5.74, 6) is -1.40. The van der Waals surface area contributed by atoms with E-state index in [1.165, 1.54) is 17.6 Å². The van der Waals surface area contributed by atoms with Gasteiger partial charge in [0.15, 0.2) is 5.82 Å². The fraction of sp³-hybridized carbons (Fsp3) is 0.200. The van der Waals surface area contributed by atoms with Crippen LogP contribution in [0.25, 0.3) is 28.2 Å². The van der Waals surface area contributed by atoms with Gasteiger partial charge in [0, 0.05) is 28.1 Å². The maximum Gasteiger partial charge on any atom is 0.336 e. The normalized spacial score (nSPS) is 10.9. The fourth-order valence-electron chi connectivity index (χ4n) is 4.11. The maximum atomic E-state index is 13.3. The van der Waals surface area contributed by atoms with Gasteiger partial charge in [-0.1, -0.05) is 43.7 Å². The number of carboxylic acids is 1. The first-order chi connectivity index (χ1) is 16.8. The van der Waals surface area contributed by atoms with Crippen molar-refractivity contribution in [1.29, 1.82) is 0 Å². The Balaban J connectivity index is 1.94. The molecule has 0 aliphatic heterocycles. The second-order valence-corrected chi connectivity index (χ2v) is 8.11. The van der Waals surface area contributed by atoms with Gasteiger partial charge in [0.2, 0.25) is 5.91 Å². The van der Waals surface area contributed by atoms with Crippen LogP contribution in [0.4, 0.5) is 0 Å². The lowest BCUT2D eigenvalue weighted by Crippen LogP contribution is -2.27. The zero-order valence-corrected chi connectivity index (χ0v) is 19.3. The number of aromatic carboxylic acids is 1. The molecule has 2 aromatic heterocycles. The van der Waals surface area contributed by atoms with Gasteiger partial charge in [0.25, 0.3) is 5.56 Å². The summed E-state index contributed by atoms with van der Waals surface area (Å²) in [4.78, 5) is 37.5. The molecule has 0 bridgehead atoms. The Bertz CT molecular complexity index is 1470. The Morgan fingerprint density at radius 1 is 1.06 bits per heavy atom. The number of H-pyrrole nitrogens is 1. The van der Waals surface area contributed by atoms with Gasteiger partial charge in [-0.15, -0.1) is 5.10 Å². The number of rotatable bonds is 8. The smallest absolute Gasteiger partial charge is 0.336 e. The van der Waals surface area contributed by atoms with E-state index < -0.39 is 17.4 Å². The molecule has 2 heterocycles. The molecule has 1 amide bonds. The molecule has 0 aliphatic carbocycles. The van der Waals surface area contributed by atoms with Crippen molar-refractivity contribution in [2.24, 2.45) is 5.73 Å². The third-order valence-corrected chi connectivity index (χ3v) is 5.89. The predicted molar refractivity (Wildman–Crippen MR) is 129 cm³/mol. The van der Waals surface area contributed by atoms with E-state index in [0.29, 0.717) is 40.3 Å². The van der Waals surface area contributed by atoms with E-state index >= 15 is 0 Å². The van der Waals surface area contributed by atoms with E-state index in [2.05, 4.69) is 20.6 Å². The zero-order chi connectivity index (χ0) is 25.1. The molecule has 0 unspecified atom stereocenters. The van der Waals surface area contributed by atoms with Gasteiger partial charge in [-0.05, 0) is 59.5 Å². The lowest BCUT2D eigenvalue weighted by atomic mass is 9.94. The first-order valence-corrected chi connectivity index (χ1v) is 11.1. The Morgan fingerprint density at radius 3 is 2.43 bits per heavy atom. The minimum absolute atomic E-state index is 0.0290. The van der Waals surface area contributed by atoms with E-state index in [9.17, 15) is 19.5 Å². The molecular formula is C25H24N6O4. The molecule has 178 valence electrons. The second-order valence-electron chi connectivity index (χ2n) is 8.11. The molecule has 4 N–H and O–H groups in total. The van der Waals surface area contributed by atoms with Gasteiger partial charge < -0.3 is 10.8 Å². The SMILES string of the molecule is CCCCc1cc(C(=O)O)c(C)c(=O)n1-c1ccc(-c2ccccc2-c2nnn[nH]2)c(C(N)=O)c1. The summed E-state index contributed by atoms with van der Waals surface area (Å²) in [6.07, 6.45) is 2.13. The van der Waals surface area contributed by atoms with Gasteiger partial charge in [0.05, 0.1) is 5.56 Å². The molecule has 10 nitrogen and oxygen atoms in total. The summed E-state index contributed by atoms with van der Waals surface area (Å²) in [5, 5.41) is 23.5. The quantitative estimate of drug-likeness (QED) is 0.355. The fourth-order valence-corrected chi connectivity index (χ4v) is 4.11. The van der Waals surface area contributed by atoms with E-state index in [1.807, 2.05) is 31.2 Å². The monoisotopic (exact) mass is 472 g/mol. The van der Waals surface area contributed by atoms with Gasteiger partial charge in [0.1, 0.15) is 0 Å². The largest absolute Gasteiger partial charge is 0.478 e. The topological polar surface area (TPSA) is 157 Å². The van der Waals surface area contributed by atoms with Crippen LogP contribution in [0.1, 0.15) is 51.7 Å². The van der Waals surface area contributed by atoms with Crippen molar-refractivity contribution in [2.75, 3.05) is 0 Å². The van der Waals surface area contributed by atoms with E-state index in [0.717, 1.165) is 12.8 Å². The molecule has 0 radical (unpaired) electrons. The Hall–Kier alpha value is -4.60. The summed E-state index contributed by atoms with van der Waals surface area (Å²) in [6, 6.07) is 13.8. The molecule has 35 heavy (non-hydrogen) atoms. The van der Waals surface area contributed by atoms with Gasteiger partial charge in [-0.3, -0.25) is 14.2 Å². The van der Waals surface area contributed by atoms with Crippen LogP contribution in [0.3, 0.4) is 0 Å². The third-order valence-electron chi connectivity index (χ3n) is 5.89. The minimum atomic E-state index is -1.16. The van der Waals surface area contributed by atoms with Crippen LogP contribution in [0.15, 0.2) is 53.3 Å². The Kier molecular flexibility index (Phi) is 6.54. The number of unbranched alkanes of at least 4 members (excludes halogenated alkanes) is 1. The number of hydrogen-bond donors (Lipinski definition) is 3. The lowest BCUT2D eigenvalue weighted by molar-refractivity contribution is 0.0695. The number of pyridine rings is 1. The number of aryl methyl sites for hydroxylation is 1. The number of aromatic amines is 1. The highest BCUT2D eigenvalue weighted by atomic mass is 16.4. The second kappa shape index (κ2) is 9.72. The molecule has 0 fully saturated rings. The average molecular weight is 473 g/mol. The zero-order valence-electron chi connectivity index (χ0n) is 19.3. The number of primary amides is 1. The number of amides is 1. The van der Waals surface area contributed by atoms with Crippen LogP contribution in [0.5, 0.6) is 0 Å². The van der Waals surface area contributed by atoms with Gasteiger partial charge in [-0.2, -0.15) is 0 Å². The molecule has 0 atom stereocenters. The highest BCUT2D eigenvalue weighted by Gasteiger charge is 2.20. The van der Waals surface area contributed by atoms with Crippen molar-refractivity contribution >= 4 is 11.9 Å². The highest BCUT2D eigenvalue weighted by molar-refractivity contribution is 6.02. The highest BCUT2D eigenvalue weighted by Crippen LogP contribution is 2.33. The van der Waals surface area contributed by atoms with Crippen LogP contribution in [0, 0.1) is 6.92 Å². The molecule has 0 saturated heterocycles. The number of nitrogens with zero attached hydrogens (tertiary/aromatic N) is 4. The number of tetrazole rings is 1. The molecule has 0 aliphatic rings. The number of benzene rings is 2. The maximum absolute atomic E-state index is 13.3. The summed E-state index contributed by atoms with van der Waals surface area (Å²) in [7, 11) is 0. The van der Waals surface area contributed by atoms with Crippen molar-refractivity contribution in [3.8, 4) is 28.2 Å². The Morgan fingerprint density at radius 2 is 1.80 bits per heavy atom. The number of aromatic nitrogens is 5. The van der Waals surface area contributed by atoms with E-state index in [1.54, 1.807) is 18.2 Å². The van der Waals surface area contributed by atoms with Crippen molar-refractivity contribution in [2.45, 2.75) is 33.1 Å². The van der Waals surface area contributed by atoms with E-state index in [-0.39, 0.29) is 16.7 Å². The summed E-state index contributed by atoms with van der Waals surface area (Å²) >= 11 is 0. The van der Waals surface area contributed by atoms with Crippen molar-refractivity contribution in [1.82, 2.24) is 25.2 Å². The molecule has 4 aromatic rings. The number of carbonyl (C=O) groups is 2. The van der Waals surface area contributed by atoms with E-state index in [4.69, 9.17) is 5.73 Å². The van der Waals surface area contributed by atoms with Crippen LogP contribution < -0.4 is 11.3 Å². The number of hydrogen-bond acceptors (Lipinski definition) is 6. The predicted octanol–water partition coefficient (Wildman–Crippen LogP) is 3.13. The number of carboxylic acid groups (broad SMARTS) is 1. The summed E-state index contributed by atoms with van der Waals surface area (Å²) in [6.45, 7) is 3.49. The van der Waals surface area contributed by atoms with Crippen LogP contribution in [0.2, 0.25) is 0 Å². The first kappa shape index (κ1) is 23.6. The number of carbonyl (C=O) groups excluding carboxylic acids is 1. The average Bonchev–Trinajstić information content (AvgIpc) is 3.39.